The van der Waals surface area contributed by atoms with Crippen molar-refractivity contribution >= 4 is 39.6 Å². The van der Waals surface area contributed by atoms with Crippen LogP contribution in [0.2, 0.25) is 0 Å². The molecule has 0 spiro atoms. The molecule has 0 saturated heterocycles. The molecular formula is C18H21IN6O2. The molecule has 5 atom stereocenters. The molecule has 0 bridgehead atoms. The largest absolute Gasteiger partial charge is 0.390 e. The highest BCUT2D eigenvalue weighted by atomic mass is 127. The molecule has 0 unspecified atom stereocenters. The van der Waals surface area contributed by atoms with Gasteiger partial charge in [-0.25, -0.2) is 15.0 Å². The third-order valence-electron chi connectivity index (χ3n) is 6.67. The van der Waals surface area contributed by atoms with Gasteiger partial charge in [0.2, 0.25) is 0 Å². The van der Waals surface area contributed by atoms with Crippen LogP contribution in [0.25, 0.3) is 11.2 Å². The summed E-state index contributed by atoms with van der Waals surface area (Å²) in [7, 11) is 0. The van der Waals surface area contributed by atoms with Crippen molar-refractivity contribution < 1.29 is 10.2 Å². The van der Waals surface area contributed by atoms with E-state index in [-0.39, 0.29) is 18.4 Å². The number of nitrogens with one attached hydrogen (secondary N) is 1. The Morgan fingerprint density at radius 1 is 1.33 bits per heavy atom. The molecule has 0 amide bonds. The molecule has 9 heteroatoms. The summed E-state index contributed by atoms with van der Waals surface area (Å²) in [4.78, 5) is 13.7. The van der Waals surface area contributed by atoms with Gasteiger partial charge in [0.15, 0.2) is 20.8 Å². The molecule has 3 fully saturated rings. The molecule has 8 nitrogen and oxygen atoms in total. The lowest BCUT2D eigenvalue weighted by atomic mass is 9.96. The van der Waals surface area contributed by atoms with Gasteiger partial charge in [0.25, 0.3) is 0 Å². The van der Waals surface area contributed by atoms with E-state index in [9.17, 15) is 10.2 Å². The Morgan fingerprint density at radius 3 is 2.85 bits per heavy atom. The highest BCUT2D eigenvalue weighted by Gasteiger charge is 2.71. The van der Waals surface area contributed by atoms with Crippen molar-refractivity contribution in [3.8, 4) is 6.07 Å². The molecule has 2 aromatic heterocycles. The van der Waals surface area contributed by atoms with Crippen LogP contribution in [0.5, 0.6) is 0 Å². The fraction of sp³-hybridized carbons (Fsp3) is 0.667. The summed E-state index contributed by atoms with van der Waals surface area (Å²) in [6.07, 6.45) is 5.62. The van der Waals surface area contributed by atoms with Crippen molar-refractivity contribution in [2.24, 2.45) is 11.3 Å². The number of halogens is 1. The fourth-order valence-corrected chi connectivity index (χ4v) is 5.67. The number of rotatable bonds is 4. The lowest BCUT2D eigenvalue weighted by Crippen LogP contribution is -2.34. The van der Waals surface area contributed by atoms with Crippen molar-refractivity contribution in [1.29, 1.82) is 5.26 Å². The molecule has 0 aromatic carbocycles. The smallest absolute Gasteiger partial charge is 0.194 e. The molecule has 5 rings (SSSR count). The lowest BCUT2D eigenvalue weighted by molar-refractivity contribution is -0.0165. The van der Waals surface area contributed by atoms with Crippen molar-refractivity contribution in [3.05, 3.63) is 10.2 Å². The minimum absolute atomic E-state index is 0.0680. The maximum atomic E-state index is 10.7. The number of hydrogen-bond acceptors (Lipinski definition) is 7. The summed E-state index contributed by atoms with van der Waals surface area (Å²) >= 11 is 2.10. The Balaban J connectivity index is 1.54. The van der Waals surface area contributed by atoms with Gasteiger partial charge in [-0.2, -0.15) is 5.26 Å². The summed E-state index contributed by atoms with van der Waals surface area (Å²) in [5.74, 6) is 0.806. The van der Waals surface area contributed by atoms with Crippen LogP contribution in [0.15, 0.2) is 6.33 Å². The molecule has 2 aromatic rings. The maximum absolute atomic E-state index is 10.7. The Labute approximate surface area is 170 Å². The van der Waals surface area contributed by atoms with E-state index in [4.69, 9.17) is 5.26 Å². The summed E-state index contributed by atoms with van der Waals surface area (Å²) in [5.41, 5.74) is 0.883. The lowest BCUT2D eigenvalue weighted by Gasteiger charge is -2.23. The van der Waals surface area contributed by atoms with Crippen LogP contribution in [0, 0.1) is 26.5 Å². The minimum Gasteiger partial charge on any atom is -0.390 e. The topological polar surface area (TPSA) is 120 Å². The second-order valence-corrected chi connectivity index (χ2v) is 9.06. The third-order valence-corrected chi connectivity index (χ3v) is 7.15. The highest BCUT2D eigenvalue weighted by molar-refractivity contribution is 14.1. The maximum Gasteiger partial charge on any atom is 0.194 e. The number of aromatic nitrogens is 4. The third kappa shape index (κ3) is 2.57. The predicted molar refractivity (Wildman–Crippen MR) is 106 cm³/mol. The van der Waals surface area contributed by atoms with E-state index in [0.717, 1.165) is 25.1 Å². The Bertz CT molecular complexity index is 936. The Kier molecular flexibility index (Phi) is 4.07. The van der Waals surface area contributed by atoms with Crippen molar-refractivity contribution in [2.75, 3.05) is 5.32 Å². The first-order valence-electron chi connectivity index (χ1n) is 9.45. The van der Waals surface area contributed by atoms with Crippen LogP contribution in [-0.4, -0.2) is 48.0 Å². The van der Waals surface area contributed by atoms with E-state index in [1.807, 2.05) is 4.57 Å². The highest BCUT2D eigenvalue weighted by Crippen LogP contribution is 2.69. The number of imidazole rings is 1. The van der Waals surface area contributed by atoms with Gasteiger partial charge in [0.05, 0.1) is 24.5 Å². The zero-order valence-electron chi connectivity index (χ0n) is 14.7. The summed E-state index contributed by atoms with van der Waals surface area (Å²) in [6.45, 7) is 0. The predicted octanol–water partition coefficient (Wildman–Crippen LogP) is 1.98. The van der Waals surface area contributed by atoms with Gasteiger partial charge in [0, 0.05) is 40.5 Å². The first-order valence-corrected chi connectivity index (χ1v) is 10.5. The Morgan fingerprint density at radius 2 is 2.11 bits per heavy atom. The molecule has 3 saturated carbocycles. The van der Waals surface area contributed by atoms with Gasteiger partial charge in [-0.15, -0.1) is 0 Å². The average Bonchev–Trinajstić information content (AvgIpc) is 2.96. The van der Waals surface area contributed by atoms with Crippen molar-refractivity contribution in [3.63, 3.8) is 0 Å². The van der Waals surface area contributed by atoms with Gasteiger partial charge in [0.1, 0.15) is 6.10 Å². The van der Waals surface area contributed by atoms with Crippen molar-refractivity contribution in [2.45, 2.75) is 62.8 Å². The molecule has 0 aliphatic heterocycles. The van der Waals surface area contributed by atoms with Crippen LogP contribution in [0.3, 0.4) is 0 Å². The van der Waals surface area contributed by atoms with Crippen LogP contribution >= 0.6 is 22.6 Å². The standard InChI is InChI=1S/C18H21IN6O2/c19-17-23-15(22-9-3-1-2-4-9)11-16(24-17)25(8-21-11)12-10-7-18(10,5-6-20)14(27)13(12)26/h8-10,12-14,26-27H,1-5,7H2,(H,22,23,24)/t10-,12-,13+,14+,18-/m1/s1. The average molecular weight is 480 g/mol. The number of nitriles is 1. The zero-order valence-corrected chi connectivity index (χ0v) is 16.9. The van der Waals surface area contributed by atoms with E-state index in [1.54, 1.807) is 6.33 Å². The van der Waals surface area contributed by atoms with Gasteiger partial charge in [-0.3, -0.25) is 0 Å². The molecular weight excluding hydrogens is 459 g/mol. The van der Waals surface area contributed by atoms with E-state index < -0.39 is 17.6 Å². The molecule has 142 valence electrons. The Hall–Kier alpha value is -1.51. The summed E-state index contributed by atoms with van der Waals surface area (Å²) < 4.78 is 2.50. The number of hydrogen-bond donors (Lipinski definition) is 3. The number of nitrogens with zero attached hydrogens (tertiary/aromatic N) is 5. The first-order chi connectivity index (χ1) is 13.0. The van der Waals surface area contributed by atoms with Crippen LogP contribution in [0.1, 0.15) is 44.6 Å². The van der Waals surface area contributed by atoms with Crippen LogP contribution in [0.4, 0.5) is 5.82 Å². The van der Waals surface area contributed by atoms with Gasteiger partial charge < -0.3 is 20.1 Å². The molecule has 3 aliphatic carbocycles. The van der Waals surface area contributed by atoms with E-state index >= 15 is 0 Å². The normalized spacial score (nSPS) is 35.3. The van der Waals surface area contributed by atoms with E-state index in [1.165, 1.54) is 12.8 Å². The van der Waals surface area contributed by atoms with Crippen LogP contribution in [-0.2, 0) is 0 Å². The number of fused-ring (bicyclic) bond motifs is 2. The molecule has 3 N–H and O–H groups in total. The summed E-state index contributed by atoms with van der Waals surface area (Å²) in [6, 6.07) is 2.27. The van der Waals surface area contributed by atoms with Crippen LogP contribution < -0.4 is 5.32 Å². The second kappa shape index (κ2) is 6.25. The second-order valence-electron chi connectivity index (χ2n) is 8.10. The van der Waals surface area contributed by atoms with E-state index in [2.05, 4.69) is 48.9 Å². The summed E-state index contributed by atoms with van der Waals surface area (Å²) in [5, 5.41) is 33.9. The fourth-order valence-electron chi connectivity index (χ4n) is 5.20. The van der Waals surface area contributed by atoms with Gasteiger partial charge in [-0.05, 0) is 25.2 Å². The minimum atomic E-state index is -0.923. The molecule has 27 heavy (non-hydrogen) atoms. The first kappa shape index (κ1) is 17.6. The number of aliphatic hydroxyl groups excluding tert-OH is 2. The monoisotopic (exact) mass is 480 g/mol. The SMILES string of the molecule is N#CC[C@@]12C[C@@H]1[C@@H](n1cnc3c(NC4CCCC4)nc(I)nc31)[C@H](O)[C@@H]2O. The number of anilines is 1. The zero-order chi connectivity index (χ0) is 18.8. The molecule has 3 aliphatic rings. The van der Waals surface area contributed by atoms with E-state index in [0.29, 0.717) is 21.0 Å². The quantitative estimate of drug-likeness (QED) is 0.452. The van der Waals surface area contributed by atoms with Gasteiger partial charge in [-0.1, -0.05) is 12.8 Å². The number of aliphatic hydroxyl groups is 2. The molecule has 2 heterocycles. The van der Waals surface area contributed by atoms with Crippen molar-refractivity contribution in [1.82, 2.24) is 19.5 Å². The molecule has 0 radical (unpaired) electrons. The van der Waals surface area contributed by atoms with Gasteiger partial charge >= 0.3 is 0 Å².